The normalized spacial score (nSPS) is 12.0. The maximum Gasteiger partial charge on any atom is 0.320 e. The molecular weight excluding hydrogens is 400 g/mol. The maximum atomic E-state index is 12.4. The van der Waals surface area contributed by atoms with Crippen LogP contribution in [-0.2, 0) is 0 Å². The fourth-order valence-corrected chi connectivity index (χ4v) is 3.38. The molecule has 0 aliphatic carbocycles. The van der Waals surface area contributed by atoms with Crippen LogP contribution in [0.5, 0.6) is 0 Å². The van der Waals surface area contributed by atoms with Crippen molar-refractivity contribution in [3.63, 3.8) is 0 Å². The van der Waals surface area contributed by atoms with E-state index < -0.39 is 0 Å². The van der Waals surface area contributed by atoms with Crippen LogP contribution < -0.4 is 10.6 Å². The molecule has 7 nitrogen and oxygen atoms in total. The van der Waals surface area contributed by atoms with Crippen LogP contribution in [-0.4, -0.2) is 26.2 Å². The van der Waals surface area contributed by atoms with Gasteiger partial charge in [-0.15, -0.1) is 0 Å². The summed E-state index contributed by atoms with van der Waals surface area (Å²) in [5.41, 5.74) is 5.39. The molecule has 0 unspecified atom stereocenters. The van der Waals surface area contributed by atoms with Gasteiger partial charge < -0.3 is 5.32 Å². The fraction of sp³-hybridized carbons (Fsp3) is 0.182. The molecule has 3 N–H and O–H groups in total. The van der Waals surface area contributed by atoms with Crippen LogP contribution in [0.3, 0.4) is 0 Å². The molecule has 0 saturated carbocycles. The molecule has 30 heavy (non-hydrogen) atoms. The van der Waals surface area contributed by atoms with Gasteiger partial charge in [-0.3, -0.25) is 15.4 Å². The molecule has 3 aromatic heterocycles. The van der Waals surface area contributed by atoms with Crippen LogP contribution in [0.2, 0.25) is 5.02 Å². The number of halogens is 1. The van der Waals surface area contributed by atoms with E-state index in [0.29, 0.717) is 10.8 Å². The van der Waals surface area contributed by atoms with E-state index in [4.69, 9.17) is 11.6 Å². The van der Waals surface area contributed by atoms with Crippen molar-refractivity contribution in [1.29, 1.82) is 0 Å². The van der Waals surface area contributed by atoms with E-state index in [0.717, 1.165) is 39.0 Å². The summed E-state index contributed by atoms with van der Waals surface area (Å²) in [6, 6.07) is 10.8. The molecule has 4 aromatic rings. The van der Waals surface area contributed by atoms with Gasteiger partial charge in [0.05, 0.1) is 11.6 Å². The molecule has 0 bridgehead atoms. The van der Waals surface area contributed by atoms with Crippen molar-refractivity contribution in [3.8, 4) is 11.3 Å². The lowest BCUT2D eigenvalue weighted by Crippen LogP contribution is -2.31. The molecule has 152 valence electrons. The van der Waals surface area contributed by atoms with Gasteiger partial charge >= 0.3 is 6.03 Å². The Morgan fingerprint density at radius 3 is 2.73 bits per heavy atom. The summed E-state index contributed by atoms with van der Waals surface area (Å²) < 4.78 is 0. The number of hydrogen-bond acceptors (Lipinski definition) is 4. The minimum atomic E-state index is -0.341. The second kappa shape index (κ2) is 8.12. The van der Waals surface area contributed by atoms with Crippen LogP contribution in [0.1, 0.15) is 29.8 Å². The summed E-state index contributed by atoms with van der Waals surface area (Å²) in [6.07, 6.45) is 3.45. The zero-order chi connectivity index (χ0) is 21.3. The molecule has 1 atom stereocenters. The number of carbonyl (C=O) groups is 1. The molecule has 0 fully saturated rings. The van der Waals surface area contributed by atoms with Crippen molar-refractivity contribution >= 4 is 34.4 Å². The third-order valence-electron chi connectivity index (χ3n) is 4.89. The molecule has 2 amide bonds. The Kier molecular flexibility index (Phi) is 5.37. The number of fused-ring (bicyclic) bond motifs is 1. The number of nitrogens with zero attached hydrogens (tertiary/aromatic N) is 3. The number of nitrogens with one attached hydrogen (secondary N) is 3. The molecule has 0 radical (unpaired) electrons. The molecule has 1 aromatic carbocycles. The SMILES string of the molecule is Cc1cc(-c2n[nH]c3cc(NC(=O)N[C@@H](C)c4ccc(Cl)c(C)c4)ncc23)ccn1. The van der Waals surface area contributed by atoms with Crippen LogP contribution in [0.4, 0.5) is 10.6 Å². The van der Waals surface area contributed by atoms with E-state index in [1.54, 1.807) is 18.5 Å². The number of rotatable bonds is 4. The zero-order valence-corrected chi connectivity index (χ0v) is 17.6. The highest BCUT2D eigenvalue weighted by molar-refractivity contribution is 6.31. The number of aromatic amines is 1. The lowest BCUT2D eigenvalue weighted by atomic mass is 10.1. The highest BCUT2D eigenvalue weighted by Gasteiger charge is 2.13. The fourth-order valence-electron chi connectivity index (χ4n) is 3.26. The van der Waals surface area contributed by atoms with E-state index >= 15 is 0 Å². The van der Waals surface area contributed by atoms with Crippen LogP contribution in [0.25, 0.3) is 22.2 Å². The van der Waals surface area contributed by atoms with Crippen LogP contribution in [0, 0.1) is 13.8 Å². The Morgan fingerprint density at radius 1 is 1.13 bits per heavy atom. The second-order valence-corrected chi connectivity index (χ2v) is 7.61. The summed E-state index contributed by atoms with van der Waals surface area (Å²) in [7, 11) is 0. The highest BCUT2D eigenvalue weighted by Crippen LogP contribution is 2.27. The summed E-state index contributed by atoms with van der Waals surface area (Å²) in [5, 5.41) is 14.7. The van der Waals surface area contributed by atoms with Gasteiger partial charge in [0.25, 0.3) is 0 Å². The summed E-state index contributed by atoms with van der Waals surface area (Å²) in [4.78, 5) is 21.0. The monoisotopic (exact) mass is 420 g/mol. The molecule has 0 aliphatic rings. The third kappa shape index (κ3) is 4.11. The number of hydrogen-bond donors (Lipinski definition) is 3. The molecule has 4 rings (SSSR count). The van der Waals surface area contributed by atoms with Crippen molar-refractivity contribution in [2.45, 2.75) is 26.8 Å². The molecular formula is C22H21ClN6O. The molecule has 8 heteroatoms. The van der Waals surface area contributed by atoms with Crippen molar-refractivity contribution < 1.29 is 4.79 Å². The number of amides is 2. The summed E-state index contributed by atoms with van der Waals surface area (Å²) >= 11 is 6.08. The first-order valence-corrected chi connectivity index (χ1v) is 9.89. The average molecular weight is 421 g/mol. The summed E-state index contributed by atoms with van der Waals surface area (Å²) in [5.74, 6) is 0.431. The quantitative estimate of drug-likeness (QED) is 0.424. The number of urea groups is 1. The minimum Gasteiger partial charge on any atom is -0.331 e. The number of anilines is 1. The number of aromatic nitrogens is 4. The number of aryl methyl sites for hydroxylation is 2. The van der Waals surface area contributed by atoms with Gasteiger partial charge in [0, 0.05) is 40.1 Å². The Balaban J connectivity index is 1.48. The number of H-pyrrole nitrogens is 1. The minimum absolute atomic E-state index is 0.182. The zero-order valence-electron chi connectivity index (χ0n) is 16.8. The first kappa shape index (κ1) is 19.8. The van der Waals surface area contributed by atoms with E-state index in [1.807, 2.05) is 51.1 Å². The Hall–Kier alpha value is -3.45. The van der Waals surface area contributed by atoms with Gasteiger partial charge in [-0.2, -0.15) is 5.10 Å². The number of benzene rings is 1. The van der Waals surface area contributed by atoms with Crippen LogP contribution >= 0.6 is 11.6 Å². The first-order chi connectivity index (χ1) is 14.4. The number of carbonyl (C=O) groups excluding carboxylic acids is 1. The Labute approximate surface area is 178 Å². The second-order valence-electron chi connectivity index (χ2n) is 7.20. The van der Waals surface area contributed by atoms with Gasteiger partial charge in [0.15, 0.2) is 0 Å². The van der Waals surface area contributed by atoms with Crippen molar-refractivity contribution in [2.75, 3.05) is 5.32 Å². The van der Waals surface area contributed by atoms with Gasteiger partial charge in [-0.05, 0) is 50.1 Å². The molecule has 0 spiro atoms. The molecule has 0 aliphatic heterocycles. The smallest absolute Gasteiger partial charge is 0.320 e. The van der Waals surface area contributed by atoms with E-state index in [2.05, 4.69) is 30.8 Å². The predicted molar refractivity (Wildman–Crippen MR) is 119 cm³/mol. The van der Waals surface area contributed by atoms with Gasteiger partial charge in [-0.1, -0.05) is 23.7 Å². The van der Waals surface area contributed by atoms with Gasteiger partial charge in [0.1, 0.15) is 11.5 Å². The lowest BCUT2D eigenvalue weighted by molar-refractivity contribution is 0.249. The van der Waals surface area contributed by atoms with Gasteiger partial charge in [-0.25, -0.2) is 9.78 Å². The third-order valence-corrected chi connectivity index (χ3v) is 5.31. The Morgan fingerprint density at radius 2 is 1.97 bits per heavy atom. The predicted octanol–water partition coefficient (Wildman–Crippen LogP) is 5.17. The number of pyridine rings is 2. The van der Waals surface area contributed by atoms with Crippen molar-refractivity contribution in [3.05, 3.63) is 70.6 Å². The first-order valence-electron chi connectivity index (χ1n) is 9.51. The van der Waals surface area contributed by atoms with Gasteiger partial charge in [0.2, 0.25) is 0 Å². The average Bonchev–Trinajstić information content (AvgIpc) is 3.13. The largest absolute Gasteiger partial charge is 0.331 e. The van der Waals surface area contributed by atoms with E-state index in [9.17, 15) is 4.79 Å². The topological polar surface area (TPSA) is 95.6 Å². The molecule has 3 heterocycles. The molecule has 0 saturated heterocycles. The van der Waals surface area contributed by atoms with Crippen molar-refractivity contribution in [1.82, 2.24) is 25.5 Å². The Bertz CT molecular complexity index is 1240. The van der Waals surface area contributed by atoms with Crippen molar-refractivity contribution in [2.24, 2.45) is 0 Å². The highest BCUT2D eigenvalue weighted by atomic mass is 35.5. The van der Waals surface area contributed by atoms with E-state index in [-0.39, 0.29) is 12.1 Å². The maximum absolute atomic E-state index is 12.4. The van der Waals surface area contributed by atoms with E-state index in [1.165, 1.54) is 0 Å². The lowest BCUT2D eigenvalue weighted by Gasteiger charge is -2.15. The standard InChI is InChI=1S/C22H21ClN6O/c1-12-8-15(4-5-18(12)23)14(3)26-22(30)27-20-10-19-17(11-25-20)21(29-28-19)16-6-7-24-13(2)9-16/h4-11,14H,1-3H3,(H,28,29)(H2,25,26,27,30)/t14-/m0/s1. The van der Waals surface area contributed by atoms with Crippen LogP contribution in [0.15, 0.2) is 48.8 Å². The summed E-state index contributed by atoms with van der Waals surface area (Å²) in [6.45, 7) is 5.78.